The van der Waals surface area contributed by atoms with Gasteiger partial charge in [0.25, 0.3) is 0 Å². The summed E-state index contributed by atoms with van der Waals surface area (Å²) in [5.74, 6) is 2.18. The third-order valence-electron chi connectivity index (χ3n) is 6.81. The highest BCUT2D eigenvalue weighted by Crippen LogP contribution is 2.45. The Kier molecular flexibility index (Phi) is 4.69. The molecule has 2 bridgehead atoms. The molecule has 1 aliphatic heterocycles. The van der Waals surface area contributed by atoms with Crippen molar-refractivity contribution >= 4 is 5.91 Å². The molecule has 2 aliphatic carbocycles. The van der Waals surface area contributed by atoms with E-state index in [1.54, 1.807) is 12.1 Å². The average Bonchev–Trinajstić information content (AvgIpc) is 3.38. The minimum atomic E-state index is -0.252. The molecule has 4 atom stereocenters. The summed E-state index contributed by atoms with van der Waals surface area (Å²) < 4.78 is 13.4. The molecule has 1 saturated carbocycles. The molecule has 1 unspecified atom stereocenters. The highest BCUT2D eigenvalue weighted by Gasteiger charge is 2.42. The molecule has 2 aromatic rings. The summed E-state index contributed by atoms with van der Waals surface area (Å²) >= 11 is 0. The van der Waals surface area contributed by atoms with Gasteiger partial charge < -0.3 is 4.90 Å². The number of aromatic nitrogens is 2. The third-order valence-corrected chi connectivity index (χ3v) is 6.81. The van der Waals surface area contributed by atoms with E-state index in [0.29, 0.717) is 24.3 Å². The van der Waals surface area contributed by atoms with Crippen LogP contribution in [0.4, 0.5) is 4.39 Å². The Morgan fingerprint density at radius 2 is 2.00 bits per heavy atom. The molecule has 0 spiro atoms. The van der Waals surface area contributed by atoms with Gasteiger partial charge >= 0.3 is 0 Å². The second-order valence-corrected chi connectivity index (χ2v) is 8.73. The number of carbonyl (C=O) groups excluding carboxylic acids is 1. The summed E-state index contributed by atoms with van der Waals surface area (Å²) in [6.07, 6.45) is 10.5. The van der Waals surface area contributed by atoms with Gasteiger partial charge in [0.2, 0.25) is 5.91 Å². The molecule has 2 heterocycles. The van der Waals surface area contributed by atoms with Crippen LogP contribution in [0.25, 0.3) is 11.1 Å². The predicted molar refractivity (Wildman–Crippen MR) is 110 cm³/mol. The number of fused-ring (bicyclic) bond motifs is 2. The van der Waals surface area contributed by atoms with E-state index in [4.69, 9.17) is 4.98 Å². The van der Waals surface area contributed by atoms with Crippen molar-refractivity contribution in [2.24, 2.45) is 17.8 Å². The molecule has 1 amide bonds. The van der Waals surface area contributed by atoms with Crippen molar-refractivity contribution in [2.45, 2.75) is 38.5 Å². The lowest BCUT2D eigenvalue weighted by atomic mass is 9.87. The molecule has 5 rings (SSSR count). The van der Waals surface area contributed by atoms with E-state index in [-0.39, 0.29) is 17.7 Å². The maximum Gasteiger partial charge on any atom is 0.226 e. The predicted octanol–water partition coefficient (Wildman–Crippen LogP) is 4.51. The largest absolute Gasteiger partial charge is 0.342 e. The van der Waals surface area contributed by atoms with Crippen molar-refractivity contribution in [3.63, 3.8) is 0 Å². The number of piperidine rings is 1. The lowest BCUT2D eigenvalue weighted by molar-refractivity contribution is -0.137. The summed E-state index contributed by atoms with van der Waals surface area (Å²) in [7, 11) is 0. The number of halogens is 1. The van der Waals surface area contributed by atoms with Crippen molar-refractivity contribution in [2.75, 3.05) is 13.1 Å². The zero-order valence-corrected chi connectivity index (χ0v) is 16.7. The average molecular weight is 391 g/mol. The molecule has 4 nitrogen and oxygen atoms in total. The third kappa shape index (κ3) is 3.47. The first kappa shape index (κ1) is 18.5. The number of hydrogen-bond acceptors (Lipinski definition) is 3. The lowest BCUT2D eigenvalue weighted by Crippen LogP contribution is -2.43. The van der Waals surface area contributed by atoms with Gasteiger partial charge in [0, 0.05) is 36.7 Å². The summed E-state index contributed by atoms with van der Waals surface area (Å²) in [5.41, 5.74) is 2.84. The molecule has 1 saturated heterocycles. The zero-order chi connectivity index (χ0) is 20.0. The smallest absolute Gasteiger partial charge is 0.226 e. The fourth-order valence-electron chi connectivity index (χ4n) is 5.35. The first-order valence-corrected chi connectivity index (χ1v) is 10.6. The van der Waals surface area contributed by atoms with Gasteiger partial charge in [-0.3, -0.25) is 4.79 Å². The molecule has 3 aliphatic rings. The number of nitrogens with zero attached hydrogens (tertiary/aromatic N) is 3. The number of amides is 1. The summed E-state index contributed by atoms with van der Waals surface area (Å²) in [4.78, 5) is 24.5. The maximum atomic E-state index is 13.4. The first-order chi connectivity index (χ1) is 14.1. The number of rotatable bonds is 3. The molecule has 0 N–H and O–H groups in total. The Labute approximate surface area is 170 Å². The molecule has 29 heavy (non-hydrogen) atoms. The van der Waals surface area contributed by atoms with Gasteiger partial charge in [-0.25, -0.2) is 14.4 Å². The van der Waals surface area contributed by atoms with Crippen LogP contribution >= 0.6 is 0 Å². The van der Waals surface area contributed by atoms with Crippen LogP contribution in [0.5, 0.6) is 0 Å². The van der Waals surface area contributed by atoms with Crippen LogP contribution in [-0.4, -0.2) is 33.9 Å². The molecular weight excluding hydrogens is 365 g/mol. The van der Waals surface area contributed by atoms with Gasteiger partial charge in [-0.1, -0.05) is 24.3 Å². The Bertz CT molecular complexity index is 955. The van der Waals surface area contributed by atoms with Gasteiger partial charge in [0.05, 0.1) is 5.69 Å². The summed E-state index contributed by atoms with van der Waals surface area (Å²) in [6.45, 7) is 3.44. The Morgan fingerprint density at radius 1 is 1.17 bits per heavy atom. The molecule has 1 aromatic carbocycles. The fourth-order valence-corrected chi connectivity index (χ4v) is 5.35. The van der Waals surface area contributed by atoms with Crippen LogP contribution in [0.1, 0.15) is 43.1 Å². The zero-order valence-electron chi connectivity index (χ0n) is 16.7. The Morgan fingerprint density at radius 3 is 2.72 bits per heavy atom. The lowest BCUT2D eigenvalue weighted by Gasteiger charge is -2.36. The standard InChI is InChI=1S/C24H26FN3O/c1-15-26-13-22(17-6-8-20(25)9-7-17)23(27-15)19-3-2-10-28(14-19)24(29)21-12-16-4-5-18(21)11-16/h4-9,13,16,18-19,21H,2-3,10-12,14H2,1H3/t16-,18+,19?,21+/m0/s1. The van der Waals surface area contributed by atoms with Gasteiger partial charge in [0.1, 0.15) is 11.6 Å². The molecule has 0 radical (unpaired) electrons. The number of carbonyl (C=O) groups is 1. The fraction of sp³-hybridized carbons (Fsp3) is 0.458. The topological polar surface area (TPSA) is 46.1 Å². The van der Waals surface area contributed by atoms with Gasteiger partial charge in [0.15, 0.2) is 0 Å². The van der Waals surface area contributed by atoms with Crippen molar-refractivity contribution in [1.29, 1.82) is 0 Å². The Balaban J connectivity index is 1.40. The van der Waals surface area contributed by atoms with E-state index in [1.165, 1.54) is 12.1 Å². The van der Waals surface area contributed by atoms with E-state index in [9.17, 15) is 9.18 Å². The highest BCUT2D eigenvalue weighted by molar-refractivity contribution is 5.80. The van der Waals surface area contributed by atoms with Crippen LogP contribution in [0.2, 0.25) is 0 Å². The number of aryl methyl sites for hydroxylation is 1. The van der Waals surface area contributed by atoms with Crippen LogP contribution in [0.15, 0.2) is 42.6 Å². The highest BCUT2D eigenvalue weighted by atomic mass is 19.1. The maximum absolute atomic E-state index is 13.4. The van der Waals surface area contributed by atoms with Crippen molar-refractivity contribution < 1.29 is 9.18 Å². The minimum Gasteiger partial charge on any atom is -0.342 e. The Hall–Kier alpha value is -2.56. The van der Waals surface area contributed by atoms with E-state index in [0.717, 1.165) is 54.9 Å². The van der Waals surface area contributed by atoms with Crippen molar-refractivity contribution in [1.82, 2.24) is 14.9 Å². The number of allylic oxidation sites excluding steroid dienone is 2. The van der Waals surface area contributed by atoms with E-state index >= 15 is 0 Å². The van der Waals surface area contributed by atoms with Crippen LogP contribution in [-0.2, 0) is 4.79 Å². The first-order valence-electron chi connectivity index (χ1n) is 10.6. The minimum absolute atomic E-state index is 0.160. The number of hydrogen-bond donors (Lipinski definition) is 0. The van der Waals surface area contributed by atoms with E-state index < -0.39 is 0 Å². The summed E-state index contributed by atoms with van der Waals surface area (Å²) in [5, 5.41) is 0. The molecular formula is C24H26FN3O. The normalized spacial score (nSPS) is 28.1. The summed E-state index contributed by atoms with van der Waals surface area (Å²) in [6, 6.07) is 6.50. The second-order valence-electron chi connectivity index (χ2n) is 8.73. The number of benzene rings is 1. The SMILES string of the molecule is Cc1ncc(-c2ccc(F)cc2)c(C2CCCN(C(=O)[C@@H]3C[C@H]4C=C[C@@H]3C4)C2)n1. The van der Waals surface area contributed by atoms with Gasteiger partial charge in [-0.2, -0.15) is 0 Å². The van der Waals surface area contributed by atoms with Crippen LogP contribution < -0.4 is 0 Å². The van der Waals surface area contributed by atoms with Crippen LogP contribution in [0, 0.1) is 30.5 Å². The molecule has 5 heteroatoms. The van der Waals surface area contributed by atoms with Gasteiger partial charge in [-0.05, 0) is 62.1 Å². The monoisotopic (exact) mass is 391 g/mol. The van der Waals surface area contributed by atoms with Crippen molar-refractivity contribution in [3.05, 3.63) is 59.9 Å². The molecule has 150 valence electrons. The van der Waals surface area contributed by atoms with E-state index in [1.807, 2.05) is 13.1 Å². The van der Waals surface area contributed by atoms with E-state index in [2.05, 4.69) is 22.0 Å². The van der Waals surface area contributed by atoms with Gasteiger partial charge in [-0.15, -0.1) is 0 Å². The molecule has 1 aromatic heterocycles. The number of likely N-dealkylation sites (tertiary alicyclic amines) is 1. The quantitative estimate of drug-likeness (QED) is 0.723. The second kappa shape index (κ2) is 7.36. The molecule has 2 fully saturated rings. The van der Waals surface area contributed by atoms with Crippen LogP contribution in [0.3, 0.4) is 0 Å². The van der Waals surface area contributed by atoms with Crippen molar-refractivity contribution in [3.8, 4) is 11.1 Å².